The molecule has 1 aromatic heterocycles. The van der Waals surface area contributed by atoms with Crippen LogP contribution in [0.5, 0.6) is 0 Å². The second kappa shape index (κ2) is 12.1. The first-order valence-corrected chi connectivity index (χ1v) is 15.7. The number of pyridine rings is 1. The van der Waals surface area contributed by atoms with Crippen molar-refractivity contribution >= 4 is 27.3 Å². The van der Waals surface area contributed by atoms with E-state index in [0.717, 1.165) is 60.9 Å². The fourth-order valence-electron chi connectivity index (χ4n) is 5.98. The van der Waals surface area contributed by atoms with Gasteiger partial charge in [0.25, 0.3) is 5.91 Å². The molecule has 0 bridgehead atoms. The van der Waals surface area contributed by atoms with Crippen molar-refractivity contribution < 1.29 is 17.6 Å². The number of aryl methyl sites for hydroxylation is 2. The van der Waals surface area contributed by atoms with Crippen LogP contribution >= 0.6 is 0 Å². The molecule has 2 aliphatic rings. The molecule has 2 fully saturated rings. The fraction of sp³-hybridized carbons (Fsp3) is 0.387. The maximum Gasteiger partial charge on any atom is 0.272 e. The molecule has 1 amide bonds. The summed E-state index contributed by atoms with van der Waals surface area (Å²) in [5, 5.41) is 14.8. The number of piperidine rings is 1. The standard InChI is InChI=1S/C31H35FN6O3S/c1-21-17-22(2)30(35-26(21)18-23-9-11-36(12-10-23)27-6-4-3-5-24(27)20-33)31(39)38-15-13-37(14-16-38)28-8-7-25(32)19-29(28)42(34,40)41/h3-8,17,19,23H,9-16,18H2,1-2H3,(H2,34,40,41). The van der Waals surface area contributed by atoms with Crippen molar-refractivity contribution in [1.82, 2.24) is 9.88 Å². The molecule has 0 radical (unpaired) electrons. The van der Waals surface area contributed by atoms with Gasteiger partial charge in [-0.15, -0.1) is 0 Å². The highest BCUT2D eigenvalue weighted by molar-refractivity contribution is 7.89. The second-order valence-corrected chi connectivity index (χ2v) is 12.6. The molecule has 0 atom stereocenters. The summed E-state index contributed by atoms with van der Waals surface area (Å²) >= 11 is 0. The van der Waals surface area contributed by atoms with Crippen LogP contribution in [0.3, 0.4) is 0 Å². The van der Waals surface area contributed by atoms with E-state index in [4.69, 9.17) is 10.1 Å². The number of primary sulfonamides is 1. The van der Waals surface area contributed by atoms with E-state index in [9.17, 15) is 22.9 Å². The van der Waals surface area contributed by atoms with Gasteiger partial charge in [0.15, 0.2) is 0 Å². The van der Waals surface area contributed by atoms with Gasteiger partial charge in [-0.3, -0.25) is 4.79 Å². The predicted octanol–water partition coefficient (Wildman–Crippen LogP) is 3.78. The topological polar surface area (TPSA) is 124 Å². The maximum atomic E-state index is 13.8. The zero-order valence-electron chi connectivity index (χ0n) is 23.9. The highest BCUT2D eigenvalue weighted by Crippen LogP contribution is 2.30. The van der Waals surface area contributed by atoms with Crippen molar-refractivity contribution in [3.8, 4) is 6.07 Å². The summed E-state index contributed by atoms with van der Waals surface area (Å²) in [6.07, 6.45) is 2.74. The molecule has 0 spiro atoms. The van der Waals surface area contributed by atoms with E-state index in [2.05, 4.69) is 11.0 Å². The minimum Gasteiger partial charge on any atom is -0.370 e. The Morgan fingerprint density at radius 1 is 0.976 bits per heavy atom. The Balaban J connectivity index is 1.24. The lowest BCUT2D eigenvalue weighted by Crippen LogP contribution is -2.49. The van der Waals surface area contributed by atoms with Crippen molar-refractivity contribution in [3.63, 3.8) is 0 Å². The largest absolute Gasteiger partial charge is 0.370 e. The van der Waals surface area contributed by atoms with Crippen molar-refractivity contribution in [2.45, 2.75) is 38.0 Å². The SMILES string of the molecule is Cc1cc(C)c(C(=O)N2CCN(c3ccc(F)cc3S(N)(=O)=O)CC2)nc1CC1CCN(c2ccccc2C#N)CC1. The number of nitriles is 1. The first-order chi connectivity index (χ1) is 20.0. The van der Waals surface area contributed by atoms with Gasteiger partial charge in [0.1, 0.15) is 22.5 Å². The van der Waals surface area contributed by atoms with E-state index in [1.807, 2.05) is 49.1 Å². The van der Waals surface area contributed by atoms with E-state index >= 15 is 0 Å². The molecule has 2 aromatic carbocycles. The molecule has 42 heavy (non-hydrogen) atoms. The summed E-state index contributed by atoms with van der Waals surface area (Å²) < 4.78 is 37.9. The first-order valence-electron chi connectivity index (χ1n) is 14.1. The molecule has 9 nitrogen and oxygen atoms in total. The van der Waals surface area contributed by atoms with Crippen LogP contribution in [0.2, 0.25) is 0 Å². The summed E-state index contributed by atoms with van der Waals surface area (Å²) in [6, 6.07) is 15.6. The van der Waals surface area contributed by atoms with E-state index in [1.165, 1.54) is 12.1 Å². The number of carbonyl (C=O) groups excluding carboxylic acids is 1. The number of hydrogen-bond acceptors (Lipinski definition) is 7. The van der Waals surface area contributed by atoms with E-state index < -0.39 is 15.8 Å². The summed E-state index contributed by atoms with van der Waals surface area (Å²) in [7, 11) is -4.11. The molecule has 0 unspecified atom stereocenters. The van der Waals surface area contributed by atoms with Crippen LogP contribution in [0.15, 0.2) is 53.4 Å². The van der Waals surface area contributed by atoms with Crippen LogP contribution < -0.4 is 14.9 Å². The van der Waals surface area contributed by atoms with Gasteiger partial charge in [0.05, 0.1) is 16.9 Å². The molecule has 11 heteroatoms. The summed E-state index contributed by atoms with van der Waals surface area (Å²) in [4.78, 5) is 24.0. The number of halogens is 1. The molecule has 0 saturated carbocycles. The highest BCUT2D eigenvalue weighted by atomic mass is 32.2. The summed E-state index contributed by atoms with van der Waals surface area (Å²) in [5.41, 5.74) is 5.27. The summed E-state index contributed by atoms with van der Waals surface area (Å²) in [6.45, 7) is 7.16. The van der Waals surface area contributed by atoms with Crippen LogP contribution in [-0.4, -0.2) is 63.5 Å². The van der Waals surface area contributed by atoms with Crippen LogP contribution in [0.1, 0.15) is 45.7 Å². The monoisotopic (exact) mass is 590 g/mol. The Hall–Kier alpha value is -4.01. The molecule has 3 aromatic rings. The molecule has 5 rings (SSSR count). The van der Waals surface area contributed by atoms with Crippen molar-refractivity contribution in [2.75, 3.05) is 49.1 Å². The van der Waals surface area contributed by atoms with Crippen LogP contribution in [0.25, 0.3) is 0 Å². The van der Waals surface area contributed by atoms with Gasteiger partial charge in [-0.25, -0.2) is 22.9 Å². The predicted molar refractivity (Wildman–Crippen MR) is 159 cm³/mol. The minimum atomic E-state index is -4.11. The van der Waals surface area contributed by atoms with Gasteiger partial charge >= 0.3 is 0 Å². The Labute approximate surface area is 246 Å². The third-order valence-corrected chi connectivity index (χ3v) is 9.25. The van der Waals surface area contributed by atoms with Crippen molar-refractivity contribution in [1.29, 1.82) is 5.26 Å². The number of nitrogens with zero attached hydrogens (tertiary/aromatic N) is 5. The average Bonchev–Trinajstić information content (AvgIpc) is 2.98. The van der Waals surface area contributed by atoms with Crippen LogP contribution in [0, 0.1) is 36.9 Å². The molecule has 2 aliphatic heterocycles. The molecule has 220 valence electrons. The van der Waals surface area contributed by atoms with Gasteiger partial charge in [0.2, 0.25) is 10.0 Å². The maximum absolute atomic E-state index is 13.8. The number of sulfonamides is 1. The number of amides is 1. The number of nitrogens with two attached hydrogens (primary N) is 1. The smallest absolute Gasteiger partial charge is 0.272 e. The van der Waals surface area contributed by atoms with Gasteiger partial charge in [-0.1, -0.05) is 18.2 Å². The highest BCUT2D eigenvalue weighted by Gasteiger charge is 2.28. The molecule has 2 saturated heterocycles. The third kappa shape index (κ3) is 6.25. The van der Waals surface area contributed by atoms with Gasteiger partial charge in [0, 0.05) is 45.0 Å². The van der Waals surface area contributed by atoms with Crippen molar-refractivity contribution in [2.24, 2.45) is 11.1 Å². The average molecular weight is 591 g/mol. The lowest BCUT2D eigenvalue weighted by Gasteiger charge is -2.37. The Bertz CT molecular complexity index is 1640. The molecular weight excluding hydrogens is 555 g/mol. The number of rotatable bonds is 6. The number of aromatic nitrogens is 1. The lowest BCUT2D eigenvalue weighted by atomic mass is 9.90. The third-order valence-electron chi connectivity index (χ3n) is 8.31. The number of carbonyl (C=O) groups is 1. The quantitative estimate of drug-likeness (QED) is 0.464. The van der Waals surface area contributed by atoms with E-state index in [-0.39, 0.29) is 10.8 Å². The number of anilines is 2. The fourth-order valence-corrected chi connectivity index (χ4v) is 6.75. The summed E-state index contributed by atoms with van der Waals surface area (Å²) in [5.74, 6) is -0.398. The Morgan fingerprint density at radius 2 is 1.64 bits per heavy atom. The molecule has 2 N–H and O–H groups in total. The van der Waals surface area contributed by atoms with Crippen LogP contribution in [-0.2, 0) is 16.4 Å². The van der Waals surface area contributed by atoms with Crippen LogP contribution in [0.4, 0.5) is 15.8 Å². The van der Waals surface area contributed by atoms with Gasteiger partial charge in [-0.05, 0) is 80.5 Å². The Morgan fingerprint density at radius 3 is 2.31 bits per heavy atom. The first kappa shape index (κ1) is 29.5. The number of piperazine rings is 1. The number of hydrogen-bond donors (Lipinski definition) is 1. The van der Waals surface area contributed by atoms with E-state index in [1.54, 1.807) is 4.90 Å². The molecule has 0 aliphatic carbocycles. The zero-order valence-corrected chi connectivity index (χ0v) is 24.7. The van der Waals surface area contributed by atoms with Gasteiger partial charge < -0.3 is 14.7 Å². The van der Waals surface area contributed by atoms with E-state index in [0.29, 0.717) is 49.0 Å². The van der Waals surface area contributed by atoms with Gasteiger partial charge in [-0.2, -0.15) is 5.26 Å². The Kier molecular flexibility index (Phi) is 8.48. The zero-order chi connectivity index (χ0) is 30.0. The normalized spacial score (nSPS) is 16.4. The van der Waals surface area contributed by atoms with Crippen molar-refractivity contribution in [3.05, 3.63) is 82.4 Å². The number of para-hydroxylation sites is 1. The lowest BCUT2D eigenvalue weighted by molar-refractivity contribution is 0.0739. The minimum absolute atomic E-state index is 0.151. The molecular formula is C31H35FN6O3S. The second-order valence-electron chi connectivity index (χ2n) is 11.1. The molecule has 3 heterocycles. The number of benzene rings is 2.